The maximum atomic E-state index is 11.1. The van der Waals surface area contributed by atoms with Crippen LogP contribution in [0.1, 0.15) is 36.4 Å². The number of hydrogen-bond donors (Lipinski definition) is 0. The second-order valence-electron chi connectivity index (χ2n) is 5.44. The smallest absolute Gasteiger partial charge is 0.338 e. The first-order valence-electron chi connectivity index (χ1n) is 8.33. The van der Waals surface area contributed by atoms with E-state index in [0.29, 0.717) is 31.1 Å². The topological polar surface area (TPSA) is 87.6 Å². The predicted octanol–water partition coefficient (Wildman–Crippen LogP) is 4.59. The zero-order valence-corrected chi connectivity index (χ0v) is 15.2. The molecule has 7 nitrogen and oxygen atoms in total. The average molecular weight is 358 g/mol. The molecule has 0 radical (unpaired) electrons. The van der Waals surface area contributed by atoms with E-state index in [1.807, 2.05) is 26.0 Å². The number of benzene rings is 1. The van der Waals surface area contributed by atoms with Crippen molar-refractivity contribution in [1.29, 1.82) is 0 Å². The van der Waals surface area contributed by atoms with Gasteiger partial charge in [-0.25, -0.2) is 0 Å². The lowest BCUT2D eigenvalue weighted by atomic mass is 10.0. The molecule has 1 heterocycles. The van der Waals surface area contributed by atoms with Crippen LogP contribution in [-0.4, -0.2) is 23.3 Å². The molecule has 0 spiro atoms. The molecule has 1 aromatic heterocycles. The minimum Gasteiger partial charge on any atom is -0.490 e. The third-order valence-electron chi connectivity index (χ3n) is 3.57. The molecule has 1 aromatic carbocycles. The van der Waals surface area contributed by atoms with Crippen molar-refractivity contribution in [2.24, 2.45) is 0 Å². The van der Waals surface area contributed by atoms with Crippen molar-refractivity contribution in [3.63, 3.8) is 0 Å². The molecule has 2 rings (SSSR count). The monoisotopic (exact) mass is 358 g/mol. The lowest BCUT2D eigenvalue weighted by Crippen LogP contribution is -2.02. The van der Waals surface area contributed by atoms with Gasteiger partial charge in [0.1, 0.15) is 0 Å². The quantitative estimate of drug-likeness (QED) is 0.370. The van der Waals surface area contributed by atoms with Crippen molar-refractivity contribution in [3.05, 3.63) is 57.5 Å². The van der Waals surface area contributed by atoms with Gasteiger partial charge in [0.05, 0.1) is 18.1 Å². The molecular formula is C19H22N2O5. The summed E-state index contributed by atoms with van der Waals surface area (Å²) >= 11 is 0. The molecule has 0 aliphatic rings. The van der Waals surface area contributed by atoms with Gasteiger partial charge in [0, 0.05) is 5.56 Å². The van der Waals surface area contributed by atoms with E-state index >= 15 is 0 Å². The van der Waals surface area contributed by atoms with E-state index in [-0.39, 0.29) is 17.1 Å². The fraction of sp³-hybridized carbons (Fsp3) is 0.316. The molecular weight excluding hydrogens is 336 g/mol. The van der Waals surface area contributed by atoms with Gasteiger partial charge in [-0.1, -0.05) is 17.3 Å². The molecule has 0 saturated carbocycles. The first kappa shape index (κ1) is 19.2. The molecule has 7 heteroatoms. The molecule has 26 heavy (non-hydrogen) atoms. The SMILES string of the molecule is C=CCc1cc(C=Cc2onc(C)c2[N+](=O)[O-])cc(OCC)c1OCC. The Bertz CT molecular complexity index is 824. The number of nitro groups is 1. The molecule has 0 atom stereocenters. The zero-order valence-electron chi connectivity index (χ0n) is 15.2. The Labute approximate surface area is 152 Å². The fourth-order valence-corrected chi connectivity index (χ4v) is 2.54. The molecule has 138 valence electrons. The Balaban J connectivity index is 2.46. The maximum Gasteiger partial charge on any atom is 0.338 e. The summed E-state index contributed by atoms with van der Waals surface area (Å²) in [6.07, 6.45) is 5.64. The van der Waals surface area contributed by atoms with Gasteiger partial charge in [0.15, 0.2) is 17.2 Å². The first-order valence-corrected chi connectivity index (χ1v) is 8.33. The Hall–Kier alpha value is -3.09. The van der Waals surface area contributed by atoms with Crippen LogP contribution in [0.4, 0.5) is 5.69 Å². The Morgan fingerprint density at radius 3 is 2.62 bits per heavy atom. The number of aryl methyl sites for hydroxylation is 1. The number of aromatic nitrogens is 1. The van der Waals surface area contributed by atoms with Crippen LogP contribution in [0.3, 0.4) is 0 Å². The second-order valence-corrected chi connectivity index (χ2v) is 5.44. The van der Waals surface area contributed by atoms with E-state index in [4.69, 9.17) is 14.0 Å². The van der Waals surface area contributed by atoms with E-state index in [1.54, 1.807) is 12.2 Å². The lowest BCUT2D eigenvalue weighted by molar-refractivity contribution is -0.386. The van der Waals surface area contributed by atoms with Gasteiger partial charge in [-0.15, -0.1) is 6.58 Å². The summed E-state index contributed by atoms with van der Waals surface area (Å²) in [5.41, 5.74) is 1.83. The average Bonchev–Trinajstić information content (AvgIpc) is 2.97. The molecule has 0 saturated heterocycles. The van der Waals surface area contributed by atoms with Crippen LogP contribution in [0, 0.1) is 17.0 Å². The Kier molecular flexibility index (Phi) is 6.54. The number of rotatable bonds is 9. The van der Waals surface area contributed by atoms with Crippen molar-refractivity contribution in [2.75, 3.05) is 13.2 Å². The summed E-state index contributed by atoms with van der Waals surface area (Å²) in [6, 6.07) is 3.76. The van der Waals surface area contributed by atoms with Crippen LogP contribution in [-0.2, 0) is 6.42 Å². The van der Waals surface area contributed by atoms with Crippen LogP contribution in [0.2, 0.25) is 0 Å². The normalized spacial score (nSPS) is 10.9. The molecule has 0 aliphatic heterocycles. The van der Waals surface area contributed by atoms with Gasteiger partial charge < -0.3 is 14.0 Å². The van der Waals surface area contributed by atoms with Gasteiger partial charge in [-0.3, -0.25) is 10.1 Å². The van der Waals surface area contributed by atoms with Crippen molar-refractivity contribution in [2.45, 2.75) is 27.2 Å². The van der Waals surface area contributed by atoms with Crippen LogP contribution in [0.5, 0.6) is 11.5 Å². The van der Waals surface area contributed by atoms with Crippen LogP contribution >= 0.6 is 0 Å². The predicted molar refractivity (Wildman–Crippen MR) is 99.5 cm³/mol. The number of nitrogens with zero attached hydrogens (tertiary/aromatic N) is 2. The maximum absolute atomic E-state index is 11.1. The summed E-state index contributed by atoms with van der Waals surface area (Å²) in [5.74, 6) is 1.41. The molecule has 0 N–H and O–H groups in total. The number of allylic oxidation sites excluding steroid dienone is 1. The molecule has 0 aliphatic carbocycles. The minimum absolute atomic E-state index is 0.101. The number of ether oxygens (including phenoxy) is 2. The van der Waals surface area contributed by atoms with Crippen LogP contribution in [0.25, 0.3) is 12.2 Å². The van der Waals surface area contributed by atoms with E-state index in [1.165, 1.54) is 13.0 Å². The summed E-state index contributed by atoms with van der Waals surface area (Å²) in [4.78, 5) is 10.6. The molecule has 0 fully saturated rings. The third kappa shape index (κ3) is 4.30. The van der Waals surface area contributed by atoms with Crippen molar-refractivity contribution in [3.8, 4) is 11.5 Å². The van der Waals surface area contributed by atoms with Crippen molar-refractivity contribution < 1.29 is 18.9 Å². The highest BCUT2D eigenvalue weighted by molar-refractivity contribution is 5.73. The van der Waals surface area contributed by atoms with E-state index < -0.39 is 4.92 Å². The van der Waals surface area contributed by atoms with Gasteiger partial charge in [-0.2, -0.15) is 0 Å². The summed E-state index contributed by atoms with van der Waals surface area (Å²) in [7, 11) is 0. The molecule has 2 aromatic rings. The Morgan fingerprint density at radius 1 is 1.27 bits per heavy atom. The van der Waals surface area contributed by atoms with Crippen LogP contribution < -0.4 is 9.47 Å². The highest BCUT2D eigenvalue weighted by Gasteiger charge is 2.22. The molecule has 0 amide bonds. The van der Waals surface area contributed by atoms with Gasteiger partial charge >= 0.3 is 5.69 Å². The summed E-state index contributed by atoms with van der Waals surface area (Å²) in [6.45, 7) is 10.1. The summed E-state index contributed by atoms with van der Waals surface area (Å²) < 4.78 is 16.5. The zero-order chi connectivity index (χ0) is 19.1. The van der Waals surface area contributed by atoms with E-state index in [0.717, 1.165) is 11.1 Å². The van der Waals surface area contributed by atoms with E-state index in [9.17, 15) is 10.1 Å². The summed E-state index contributed by atoms with van der Waals surface area (Å²) in [5, 5.41) is 14.8. The minimum atomic E-state index is -0.502. The lowest BCUT2D eigenvalue weighted by Gasteiger charge is -2.15. The van der Waals surface area contributed by atoms with Gasteiger partial charge in [0.25, 0.3) is 0 Å². The highest BCUT2D eigenvalue weighted by Crippen LogP contribution is 2.35. The largest absolute Gasteiger partial charge is 0.490 e. The van der Waals surface area contributed by atoms with E-state index in [2.05, 4.69) is 11.7 Å². The van der Waals surface area contributed by atoms with Crippen LogP contribution in [0.15, 0.2) is 29.3 Å². The van der Waals surface area contributed by atoms with Gasteiger partial charge in [-0.05, 0) is 51.0 Å². The fourth-order valence-electron chi connectivity index (χ4n) is 2.54. The molecule has 0 bridgehead atoms. The van der Waals surface area contributed by atoms with Crippen molar-refractivity contribution >= 4 is 17.8 Å². The number of hydrogen-bond acceptors (Lipinski definition) is 6. The second kappa shape index (κ2) is 8.84. The van der Waals surface area contributed by atoms with Gasteiger partial charge in [0.2, 0.25) is 5.76 Å². The van der Waals surface area contributed by atoms with Crippen molar-refractivity contribution in [1.82, 2.24) is 5.16 Å². The molecule has 0 unspecified atom stereocenters. The standard InChI is InChI=1S/C19H22N2O5/c1-5-8-15-11-14(12-17(24-6-2)19(15)25-7-3)9-10-16-18(21(22)23)13(4)20-26-16/h5,9-12H,1,6-8H2,2-4H3. The third-order valence-corrected chi connectivity index (χ3v) is 3.57. The highest BCUT2D eigenvalue weighted by atomic mass is 16.6. The Morgan fingerprint density at radius 2 is 2.00 bits per heavy atom. The first-order chi connectivity index (χ1) is 12.5.